The maximum absolute atomic E-state index is 13.2. The van der Waals surface area contributed by atoms with Crippen molar-refractivity contribution in [3.05, 3.63) is 35.9 Å². The Morgan fingerprint density at radius 3 is 2.19 bits per heavy atom. The van der Waals surface area contributed by atoms with Crippen LogP contribution in [-0.2, 0) is 5.54 Å². The molecule has 1 aromatic carbocycles. The zero-order valence-corrected chi connectivity index (χ0v) is 8.54. The van der Waals surface area contributed by atoms with Crippen LogP contribution in [0.3, 0.4) is 0 Å². The van der Waals surface area contributed by atoms with Gasteiger partial charge in [-0.3, -0.25) is 0 Å². The molecule has 16 heavy (non-hydrogen) atoms. The minimum absolute atomic E-state index is 0.0561. The van der Waals surface area contributed by atoms with Crippen LogP contribution in [0.1, 0.15) is 5.56 Å². The van der Waals surface area contributed by atoms with Crippen LogP contribution in [-0.4, -0.2) is 35.8 Å². The second-order valence-electron chi connectivity index (χ2n) is 4.24. The van der Waals surface area contributed by atoms with Crippen LogP contribution >= 0.6 is 0 Å². The molecular weight excluding hydrogens is 217 g/mol. The summed E-state index contributed by atoms with van der Waals surface area (Å²) in [6.45, 7) is 1.54. The van der Waals surface area contributed by atoms with Crippen LogP contribution in [0.4, 0.5) is 13.2 Å². The maximum atomic E-state index is 13.2. The Morgan fingerprint density at radius 2 is 1.69 bits per heavy atom. The van der Waals surface area contributed by atoms with E-state index in [9.17, 15) is 13.2 Å². The van der Waals surface area contributed by atoms with E-state index >= 15 is 0 Å². The van der Waals surface area contributed by atoms with E-state index in [1.807, 2.05) is 0 Å². The van der Waals surface area contributed by atoms with Crippen LogP contribution in [0.15, 0.2) is 30.3 Å². The minimum Gasteiger partial charge on any atom is -0.238 e. The second-order valence-corrected chi connectivity index (χ2v) is 4.24. The van der Waals surface area contributed by atoms with E-state index < -0.39 is 11.7 Å². The number of hydrogen-bond acceptors (Lipinski definition) is 2. The molecule has 0 aromatic heterocycles. The van der Waals surface area contributed by atoms with E-state index in [0.717, 1.165) is 13.1 Å². The lowest BCUT2D eigenvalue weighted by atomic mass is 9.99. The molecule has 3 rings (SSSR count). The molecule has 2 aliphatic heterocycles. The van der Waals surface area contributed by atoms with E-state index in [4.69, 9.17) is 0 Å². The average Bonchev–Trinajstić information content (AvgIpc) is 3.10. The van der Waals surface area contributed by atoms with Gasteiger partial charge in [0.25, 0.3) is 0 Å². The molecule has 86 valence electrons. The van der Waals surface area contributed by atoms with Gasteiger partial charge in [-0.25, -0.2) is 10.0 Å². The number of alkyl halides is 3. The zero-order chi connectivity index (χ0) is 11.4. The van der Waals surface area contributed by atoms with Crippen molar-refractivity contribution in [3.63, 3.8) is 0 Å². The predicted octanol–water partition coefficient (Wildman–Crippen LogP) is 1.99. The van der Waals surface area contributed by atoms with Crippen molar-refractivity contribution in [1.82, 2.24) is 10.0 Å². The summed E-state index contributed by atoms with van der Waals surface area (Å²) >= 11 is 0. The monoisotopic (exact) mass is 228 g/mol. The van der Waals surface area contributed by atoms with Gasteiger partial charge in [0, 0.05) is 19.6 Å². The van der Waals surface area contributed by atoms with Crippen molar-refractivity contribution in [2.75, 3.05) is 19.6 Å². The molecule has 0 bridgehead atoms. The Hall–Kier alpha value is -1.07. The van der Waals surface area contributed by atoms with Crippen LogP contribution in [0, 0.1) is 0 Å². The first-order valence-corrected chi connectivity index (χ1v) is 5.20. The van der Waals surface area contributed by atoms with Gasteiger partial charge in [0.15, 0.2) is 5.54 Å². The first-order valence-electron chi connectivity index (χ1n) is 5.20. The maximum Gasteiger partial charge on any atom is 0.413 e. The fourth-order valence-electron chi connectivity index (χ4n) is 2.16. The van der Waals surface area contributed by atoms with Crippen LogP contribution < -0.4 is 0 Å². The molecule has 0 radical (unpaired) electrons. The van der Waals surface area contributed by atoms with Gasteiger partial charge in [-0.2, -0.15) is 13.2 Å². The Labute approximate surface area is 91.2 Å². The molecule has 2 aliphatic rings. The summed E-state index contributed by atoms with van der Waals surface area (Å²) < 4.78 is 39.5. The third-order valence-electron chi connectivity index (χ3n) is 3.20. The summed E-state index contributed by atoms with van der Waals surface area (Å²) in [5.41, 5.74) is -1.42. The van der Waals surface area contributed by atoms with Gasteiger partial charge in [0.1, 0.15) is 0 Å². The summed E-state index contributed by atoms with van der Waals surface area (Å²) in [5, 5.41) is 3.16. The van der Waals surface area contributed by atoms with Gasteiger partial charge in [0.2, 0.25) is 0 Å². The standard InChI is InChI=1S/C11H11F3N2/c12-11(13,14)10(8-16(10)15-6-7-15)9-4-2-1-3-5-9/h1-5H,6-8H2. The molecule has 0 saturated carbocycles. The van der Waals surface area contributed by atoms with Gasteiger partial charge in [0.05, 0.1) is 0 Å². The van der Waals surface area contributed by atoms with E-state index in [2.05, 4.69) is 0 Å². The SMILES string of the molecule is FC(F)(F)C1(c2ccccc2)CN1N1CC1. The quantitative estimate of drug-likeness (QED) is 0.714. The first kappa shape index (κ1) is 10.1. The fourth-order valence-corrected chi connectivity index (χ4v) is 2.16. The summed E-state index contributed by atoms with van der Waals surface area (Å²) in [4.78, 5) is 0. The summed E-state index contributed by atoms with van der Waals surface area (Å²) in [6.07, 6.45) is -4.21. The molecule has 2 unspecified atom stereocenters. The summed E-state index contributed by atoms with van der Waals surface area (Å²) in [6, 6.07) is 8.15. The molecule has 5 heteroatoms. The van der Waals surface area contributed by atoms with Crippen molar-refractivity contribution in [2.24, 2.45) is 0 Å². The van der Waals surface area contributed by atoms with Crippen LogP contribution in [0.25, 0.3) is 0 Å². The molecule has 0 N–H and O–H groups in total. The van der Waals surface area contributed by atoms with E-state index in [1.54, 1.807) is 35.3 Å². The van der Waals surface area contributed by atoms with Gasteiger partial charge >= 0.3 is 6.18 Å². The number of benzene rings is 1. The molecule has 2 fully saturated rings. The molecule has 2 atom stereocenters. The number of halogens is 3. The Bertz CT molecular complexity index is 399. The molecule has 0 aliphatic carbocycles. The number of hydrazine groups is 1. The smallest absolute Gasteiger partial charge is 0.238 e. The summed E-state index contributed by atoms with van der Waals surface area (Å²) in [7, 11) is 0. The van der Waals surface area contributed by atoms with Crippen molar-refractivity contribution < 1.29 is 13.2 Å². The molecule has 0 spiro atoms. The highest BCUT2D eigenvalue weighted by molar-refractivity contribution is 5.33. The van der Waals surface area contributed by atoms with Crippen molar-refractivity contribution in [3.8, 4) is 0 Å². The average molecular weight is 228 g/mol. The van der Waals surface area contributed by atoms with Gasteiger partial charge < -0.3 is 0 Å². The molecule has 2 saturated heterocycles. The molecular formula is C11H11F3N2. The highest BCUT2D eigenvalue weighted by atomic mass is 19.4. The number of rotatable bonds is 2. The largest absolute Gasteiger partial charge is 0.413 e. The second kappa shape index (κ2) is 2.99. The zero-order valence-electron chi connectivity index (χ0n) is 8.54. The minimum atomic E-state index is -4.21. The predicted molar refractivity (Wildman–Crippen MR) is 52.5 cm³/mol. The highest BCUT2D eigenvalue weighted by Gasteiger charge is 2.73. The lowest BCUT2D eigenvalue weighted by molar-refractivity contribution is -0.182. The first-order chi connectivity index (χ1) is 7.56. The van der Waals surface area contributed by atoms with E-state index in [-0.39, 0.29) is 6.54 Å². The van der Waals surface area contributed by atoms with Crippen LogP contribution in [0.5, 0.6) is 0 Å². The third kappa shape index (κ3) is 1.28. The fraction of sp³-hybridized carbons (Fsp3) is 0.455. The molecule has 2 heterocycles. The topological polar surface area (TPSA) is 6.02 Å². The molecule has 0 amide bonds. The summed E-state index contributed by atoms with van der Waals surface area (Å²) in [5.74, 6) is 0. The highest BCUT2D eigenvalue weighted by Crippen LogP contribution is 2.56. The lowest BCUT2D eigenvalue weighted by Gasteiger charge is -2.21. The van der Waals surface area contributed by atoms with Crippen molar-refractivity contribution in [2.45, 2.75) is 11.7 Å². The van der Waals surface area contributed by atoms with Crippen molar-refractivity contribution >= 4 is 0 Å². The normalized spacial score (nSPS) is 33.8. The number of hydrogen-bond donors (Lipinski definition) is 0. The van der Waals surface area contributed by atoms with E-state index in [0.29, 0.717) is 5.56 Å². The van der Waals surface area contributed by atoms with Crippen molar-refractivity contribution in [1.29, 1.82) is 0 Å². The molecule has 1 aromatic rings. The lowest BCUT2D eigenvalue weighted by Crippen LogP contribution is -2.36. The van der Waals surface area contributed by atoms with Gasteiger partial charge in [-0.05, 0) is 5.56 Å². The Morgan fingerprint density at radius 1 is 1.06 bits per heavy atom. The Kier molecular flexibility index (Phi) is 1.89. The van der Waals surface area contributed by atoms with E-state index in [1.165, 1.54) is 5.01 Å². The van der Waals surface area contributed by atoms with Gasteiger partial charge in [-0.15, -0.1) is 0 Å². The number of nitrogens with zero attached hydrogens (tertiary/aromatic N) is 2. The third-order valence-corrected chi connectivity index (χ3v) is 3.20. The van der Waals surface area contributed by atoms with Gasteiger partial charge in [-0.1, -0.05) is 30.3 Å². The Balaban J connectivity index is 1.99. The van der Waals surface area contributed by atoms with Crippen LogP contribution in [0.2, 0.25) is 0 Å². The molecule has 2 nitrogen and oxygen atoms in total.